The van der Waals surface area contributed by atoms with Crippen molar-refractivity contribution in [1.82, 2.24) is 0 Å². The van der Waals surface area contributed by atoms with Crippen molar-refractivity contribution in [3.05, 3.63) is 0 Å². The van der Waals surface area contributed by atoms with Gasteiger partial charge in [0.1, 0.15) is 5.60 Å². The van der Waals surface area contributed by atoms with E-state index < -0.39 is 0 Å². The number of rotatable bonds is 0. The zero-order valence-electron chi connectivity index (χ0n) is 9.86. The van der Waals surface area contributed by atoms with E-state index in [0.717, 1.165) is 31.2 Å². The van der Waals surface area contributed by atoms with Crippen molar-refractivity contribution >= 4 is 25.2 Å². The lowest BCUT2D eigenvalue weighted by molar-refractivity contribution is 0.0164. The van der Waals surface area contributed by atoms with E-state index in [2.05, 4.69) is 37.0 Å². The minimum atomic E-state index is -0.224. The largest absolute Gasteiger partial charge is 0.368 e. The third-order valence-corrected chi connectivity index (χ3v) is 4.06. The average molecular weight is 236 g/mol. The van der Waals surface area contributed by atoms with Crippen LogP contribution < -0.4 is 0 Å². The molecule has 2 rings (SSSR count). The van der Waals surface area contributed by atoms with Gasteiger partial charge in [-0.3, -0.25) is 0 Å². The molecule has 2 aliphatic heterocycles. The molecule has 0 aliphatic carbocycles. The van der Waals surface area contributed by atoms with Gasteiger partial charge in [0, 0.05) is 11.4 Å². The summed E-state index contributed by atoms with van der Waals surface area (Å²) in [6.07, 6.45) is 3.65. The van der Waals surface area contributed by atoms with Gasteiger partial charge in [0.25, 0.3) is 6.71 Å². The summed E-state index contributed by atoms with van der Waals surface area (Å²) in [5.74, 6) is 2.35. The predicted molar refractivity (Wildman–Crippen MR) is 69.1 cm³/mol. The summed E-state index contributed by atoms with van der Waals surface area (Å²) in [6.45, 7) is 5.20. The van der Waals surface area contributed by atoms with Gasteiger partial charge in [0.05, 0.1) is 12.3 Å². The van der Waals surface area contributed by atoms with E-state index in [1.54, 1.807) is 0 Å². The van der Waals surface area contributed by atoms with Crippen molar-refractivity contribution < 1.29 is 4.74 Å². The van der Waals surface area contributed by atoms with Crippen LogP contribution in [0.25, 0.3) is 0 Å². The van der Waals surface area contributed by atoms with Crippen molar-refractivity contribution in [3.8, 4) is 5.97 Å². The molecule has 5 heteroatoms. The maximum atomic E-state index is 8.91. The van der Waals surface area contributed by atoms with Crippen LogP contribution in [0.5, 0.6) is 0 Å². The zero-order chi connectivity index (χ0) is 11.8. The van der Waals surface area contributed by atoms with Crippen LogP contribution in [-0.4, -0.2) is 24.6 Å². The molecule has 16 heavy (non-hydrogen) atoms. The second-order valence-corrected chi connectivity index (χ2v) is 5.72. The van der Waals surface area contributed by atoms with Crippen LogP contribution in [0.1, 0.15) is 26.7 Å². The Labute approximate surface area is 103 Å². The standard InChI is InChI=1S/C11H17BN2OS/c1-10(2)7-15-11(9(10)14-16)3-5-12(8-13)6-4-11/h16H,3-7H2,1-2H3. The average Bonchev–Trinajstić information content (AvgIpc) is 2.52. The van der Waals surface area contributed by atoms with Crippen molar-refractivity contribution in [2.45, 2.75) is 44.9 Å². The van der Waals surface area contributed by atoms with Crippen molar-refractivity contribution in [2.75, 3.05) is 6.61 Å². The first kappa shape index (κ1) is 12.0. The zero-order valence-corrected chi connectivity index (χ0v) is 10.8. The van der Waals surface area contributed by atoms with E-state index in [4.69, 9.17) is 10.00 Å². The van der Waals surface area contributed by atoms with Gasteiger partial charge in [0.2, 0.25) is 0 Å². The first-order valence-corrected chi connectivity index (χ1v) is 6.21. The molecule has 2 heterocycles. The Morgan fingerprint density at radius 2 is 2.06 bits per heavy atom. The Kier molecular flexibility index (Phi) is 3.06. The van der Waals surface area contributed by atoms with Crippen LogP contribution in [-0.2, 0) is 4.74 Å². The first-order valence-electron chi connectivity index (χ1n) is 5.81. The number of nitriles is 1. The van der Waals surface area contributed by atoms with Gasteiger partial charge in [-0.2, -0.15) is 0 Å². The minimum absolute atomic E-state index is 0.0127. The fourth-order valence-electron chi connectivity index (χ4n) is 2.89. The Balaban J connectivity index is 2.20. The van der Waals surface area contributed by atoms with Crippen molar-refractivity contribution in [1.29, 1.82) is 5.26 Å². The molecule has 0 bridgehead atoms. The summed E-state index contributed by atoms with van der Waals surface area (Å²) in [5, 5.41) is 8.91. The van der Waals surface area contributed by atoms with Gasteiger partial charge in [-0.1, -0.05) is 26.5 Å². The summed E-state index contributed by atoms with van der Waals surface area (Å²) >= 11 is 4.10. The van der Waals surface area contributed by atoms with E-state index in [9.17, 15) is 0 Å². The van der Waals surface area contributed by atoms with Gasteiger partial charge >= 0.3 is 0 Å². The van der Waals surface area contributed by atoms with E-state index in [1.165, 1.54) is 0 Å². The highest BCUT2D eigenvalue weighted by Crippen LogP contribution is 2.45. The maximum Gasteiger partial charge on any atom is 0.268 e. The molecular weight excluding hydrogens is 219 g/mol. The van der Waals surface area contributed by atoms with Gasteiger partial charge < -0.3 is 4.74 Å². The maximum absolute atomic E-state index is 8.91. The van der Waals surface area contributed by atoms with Gasteiger partial charge in [-0.15, -0.1) is 0 Å². The second-order valence-electron chi connectivity index (χ2n) is 5.52. The fraction of sp³-hybridized carbons (Fsp3) is 0.818. The number of hydrogen-bond acceptors (Lipinski definition) is 4. The molecule has 1 spiro atoms. The number of ether oxygens (including phenoxy) is 1. The molecule has 3 nitrogen and oxygen atoms in total. The van der Waals surface area contributed by atoms with E-state index in [-0.39, 0.29) is 17.7 Å². The smallest absolute Gasteiger partial charge is 0.268 e. The molecule has 2 fully saturated rings. The Hall–Kier alpha value is -0.465. The van der Waals surface area contributed by atoms with Crippen LogP contribution in [0.3, 0.4) is 0 Å². The molecule has 0 unspecified atom stereocenters. The van der Waals surface area contributed by atoms with Gasteiger partial charge in [0.15, 0.2) is 0 Å². The predicted octanol–water partition coefficient (Wildman–Crippen LogP) is 2.42. The highest BCUT2D eigenvalue weighted by Gasteiger charge is 2.52. The van der Waals surface area contributed by atoms with E-state index in [1.807, 2.05) is 0 Å². The molecule has 0 aromatic rings. The summed E-state index contributed by atoms with van der Waals surface area (Å²) < 4.78 is 10.2. The van der Waals surface area contributed by atoms with Gasteiger partial charge in [-0.25, -0.2) is 9.66 Å². The van der Waals surface area contributed by atoms with E-state index in [0.29, 0.717) is 6.61 Å². The molecule has 0 atom stereocenters. The topological polar surface area (TPSA) is 45.4 Å². The number of thiol groups is 1. The van der Waals surface area contributed by atoms with Crippen LogP contribution in [0.2, 0.25) is 12.6 Å². The van der Waals surface area contributed by atoms with Crippen molar-refractivity contribution in [3.63, 3.8) is 0 Å². The lowest BCUT2D eigenvalue weighted by Gasteiger charge is -2.35. The van der Waals surface area contributed by atoms with Crippen LogP contribution in [0, 0.1) is 16.6 Å². The molecular formula is C11H17BN2OS. The van der Waals surface area contributed by atoms with Crippen LogP contribution in [0.4, 0.5) is 0 Å². The lowest BCUT2D eigenvalue weighted by Crippen LogP contribution is -2.44. The molecule has 86 valence electrons. The summed E-state index contributed by atoms with van der Waals surface area (Å²) in [7, 11) is 0. The third kappa shape index (κ3) is 1.78. The summed E-state index contributed by atoms with van der Waals surface area (Å²) in [5.41, 5.74) is 0.833. The highest BCUT2D eigenvalue weighted by molar-refractivity contribution is 7.79. The minimum Gasteiger partial charge on any atom is -0.368 e. The number of nitrogens with zero attached hydrogens (tertiary/aromatic N) is 2. The molecule has 0 amide bonds. The summed E-state index contributed by atoms with van der Waals surface area (Å²) in [6, 6.07) is 0. The number of hydrogen-bond donors (Lipinski definition) is 1. The third-order valence-electron chi connectivity index (χ3n) is 3.86. The Morgan fingerprint density at radius 3 is 2.56 bits per heavy atom. The fourth-order valence-corrected chi connectivity index (χ4v) is 3.35. The molecule has 0 aromatic carbocycles. The van der Waals surface area contributed by atoms with Crippen LogP contribution >= 0.6 is 12.8 Å². The lowest BCUT2D eigenvalue weighted by atomic mass is 9.40. The van der Waals surface area contributed by atoms with Crippen molar-refractivity contribution in [2.24, 2.45) is 9.81 Å². The first-order chi connectivity index (χ1) is 7.54. The summed E-state index contributed by atoms with van der Waals surface area (Å²) in [4.78, 5) is 0. The second kappa shape index (κ2) is 4.08. The Bertz CT molecular complexity index is 353. The molecule has 0 saturated carbocycles. The molecule has 2 saturated heterocycles. The van der Waals surface area contributed by atoms with Crippen LogP contribution in [0.15, 0.2) is 4.40 Å². The SMILES string of the molecule is CC1(C)COC2(CCB(C#N)CC2)C1=NS. The highest BCUT2D eigenvalue weighted by atomic mass is 32.1. The Morgan fingerprint density at radius 1 is 1.44 bits per heavy atom. The monoisotopic (exact) mass is 236 g/mol. The molecule has 2 aliphatic rings. The molecule has 0 aromatic heterocycles. The molecule has 0 N–H and O–H groups in total. The van der Waals surface area contributed by atoms with Gasteiger partial charge in [-0.05, 0) is 25.7 Å². The quantitative estimate of drug-likeness (QED) is 0.518. The normalized spacial score (nSPS) is 29.6. The molecule has 0 radical (unpaired) electrons. The van der Waals surface area contributed by atoms with E-state index >= 15 is 0 Å².